The van der Waals surface area contributed by atoms with E-state index in [-0.39, 0.29) is 44.3 Å². The largest absolute Gasteiger partial charge is 0.476 e. The quantitative estimate of drug-likeness (QED) is 0.0212. The zero-order valence-corrected chi connectivity index (χ0v) is 62.1. The molecule has 3 amide bonds. The van der Waals surface area contributed by atoms with Gasteiger partial charge in [-0.2, -0.15) is 44.5 Å². The van der Waals surface area contributed by atoms with Crippen LogP contribution in [0.2, 0.25) is 5.15 Å². The number of hydrogen-bond acceptors (Lipinski definition) is 31. The van der Waals surface area contributed by atoms with Crippen molar-refractivity contribution in [2.24, 2.45) is 5.73 Å². The highest BCUT2D eigenvalue weighted by Gasteiger charge is 2.33. The number of anilines is 3. The van der Waals surface area contributed by atoms with E-state index in [0.29, 0.717) is 142 Å². The van der Waals surface area contributed by atoms with Crippen LogP contribution in [0, 0.1) is 0 Å². The molecule has 46 heteroatoms. The summed E-state index contributed by atoms with van der Waals surface area (Å²) in [5, 5.41) is 14.8. The van der Waals surface area contributed by atoms with Gasteiger partial charge in [0.1, 0.15) is 76.7 Å². The predicted molar refractivity (Wildman–Crippen MR) is 385 cm³/mol. The first-order chi connectivity index (χ1) is 49.5. The Hall–Kier alpha value is -7.03. The Bertz CT molecular complexity index is 4750. The van der Waals surface area contributed by atoms with Crippen LogP contribution in [0.3, 0.4) is 0 Å². The molecule has 8 aromatic heterocycles. The highest BCUT2D eigenvalue weighted by atomic mass is 36.0. The highest BCUT2D eigenvalue weighted by Crippen LogP contribution is 2.36. The lowest BCUT2D eigenvalue weighted by Crippen LogP contribution is -2.40. The third-order valence-electron chi connectivity index (χ3n) is 13.7. The third-order valence-corrected chi connectivity index (χ3v) is 19.1. The molecule has 10 aromatic rings. The molecule has 13 rings (SSSR count). The zero-order chi connectivity index (χ0) is 77.1. The maximum atomic E-state index is 13.1. The van der Waals surface area contributed by atoms with Crippen LogP contribution in [-0.2, 0) is 34.8 Å². The van der Waals surface area contributed by atoms with Gasteiger partial charge in [0.2, 0.25) is 5.01 Å². The minimum absolute atomic E-state index is 0.0124. The van der Waals surface area contributed by atoms with E-state index in [1.54, 1.807) is 28.5 Å². The second-order valence-corrected chi connectivity index (χ2v) is 30.2. The normalized spacial score (nSPS) is 15.0. The number of benzene rings is 2. The van der Waals surface area contributed by atoms with Crippen molar-refractivity contribution in [2.75, 3.05) is 108 Å². The Balaban J connectivity index is 0.000000183. The van der Waals surface area contributed by atoms with Crippen molar-refractivity contribution in [1.29, 1.82) is 3.84 Å². The van der Waals surface area contributed by atoms with Gasteiger partial charge in [0.15, 0.2) is 26.0 Å². The molecule has 0 saturated carbocycles. The first-order valence-corrected chi connectivity index (χ1v) is 38.2. The number of morpholine rings is 3. The number of thiazole rings is 4. The second kappa shape index (κ2) is 37.1. The summed E-state index contributed by atoms with van der Waals surface area (Å²) < 4.78 is 128. The summed E-state index contributed by atoms with van der Waals surface area (Å²) in [5.74, 6) is -1.06. The van der Waals surface area contributed by atoms with Crippen LogP contribution in [0.15, 0.2) is 71.8 Å². The number of nitrogen functional groups attached to an aromatic ring is 2. The number of halogens is 9. The van der Waals surface area contributed by atoms with Crippen molar-refractivity contribution in [2.45, 2.75) is 48.3 Å². The maximum absolute atomic E-state index is 13.1. The van der Waals surface area contributed by atoms with Crippen LogP contribution in [0.25, 0.3) is 41.4 Å². The van der Waals surface area contributed by atoms with Gasteiger partial charge in [-0.3, -0.25) is 14.4 Å². The Kier molecular flexibility index (Phi) is 28.2. The lowest BCUT2D eigenvalue weighted by Gasteiger charge is -2.25. The number of aromatic carboxylic acids is 1. The lowest BCUT2D eigenvalue weighted by atomic mass is 10.0. The van der Waals surface area contributed by atoms with Crippen molar-refractivity contribution in [1.82, 2.24) is 74.5 Å². The van der Waals surface area contributed by atoms with E-state index in [0.717, 1.165) is 62.3 Å². The number of aromatic nitrogens is 12. The fourth-order valence-electron chi connectivity index (χ4n) is 8.91. The minimum atomic E-state index is -4.50. The van der Waals surface area contributed by atoms with Crippen LogP contribution >= 0.6 is 112 Å². The number of amides is 3. The molecule has 2 atom stereocenters. The van der Waals surface area contributed by atoms with Crippen LogP contribution in [0.5, 0.6) is 0 Å². The molecule has 8 N–H and O–H groups in total. The fourth-order valence-corrected chi connectivity index (χ4v) is 13.6. The number of fused-ring (bicyclic) bond motifs is 4. The number of carboxylic acids is 1. The van der Waals surface area contributed by atoms with Crippen molar-refractivity contribution >= 4 is 202 Å². The molecule has 0 radical (unpaired) electrons. The molecule has 0 aliphatic carbocycles. The summed E-state index contributed by atoms with van der Waals surface area (Å²) in [4.78, 5) is 105. The average Bonchev–Trinajstić information content (AvgIpc) is 1.73. The summed E-state index contributed by atoms with van der Waals surface area (Å²) >= 11 is 13.6. The number of carbonyl (C=O) groups excluding carboxylic acids is 3. The third kappa shape index (κ3) is 23.0. The molecular weight excluding hydrogens is 1570 g/mol. The number of carbonyl (C=O) groups is 4. The Labute approximate surface area is 620 Å². The molecule has 2 aromatic carbocycles. The Morgan fingerprint density at radius 1 is 0.578 bits per heavy atom. The molecular formula is C56H59Cl3F6N19O10PS7. The molecule has 3 aliphatic heterocycles. The van der Waals surface area contributed by atoms with E-state index >= 15 is 0 Å². The van der Waals surface area contributed by atoms with Gasteiger partial charge < -0.3 is 56.5 Å². The smallest absolute Gasteiger partial charge is 0.416 e. The number of ether oxygens (including phenoxy) is 3. The number of hydrogen-bond donors (Lipinski definition) is 5. The van der Waals surface area contributed by atoms with E-state index in [1.165, 1.54) is 83.6 Å². The second-order valence-electron chi connectivity index (χ2n) is 20.7. The van der Waals surface area contributed by atoms with Crippen molar-refractivity contribution < 1.29 is 73.3 Å². The summed E-state index contributed by atoms with van der Waals surface area (Å²) in [7, 11) is 2.94. The Morgan fingerprint density at radius 3 is 1.29 bits per heavy atom. The number of nitrogens with one attached hydrogen (secondary N) is 1. The molecule has 0 unspecified atom stereocenters. The van der Waals surface area contributed by atoms with Gasteiger partial charge >= 0.3 is 26.6 Å². The van der Waals surface area contributed by atoms with Gasteiger partial charge in [-0.1, -0.05) is 56.9 Å². The molecule has 29 nitrogen and oxygen atoms in total. The first-order valence-electron chi connectivity index (χ1n) is 30.3. The highest BCUT2D eigenvalue weighted by molar-refractivity contribution is 8.31. The van der Waals surface area contributed by atoms with Crippen LogP contribution in [0.4, 0.5) is 43.5 Å². The van der Waals surface area contributed by atoms with Gasteiger partial charge in [0, 0.05) is 78.0 Å². The van der Waals surface area contributed by atoms with E-state index in [1.807, 2.05) is 12.5 Å². The summed E-state index contributed by atoms with van der Waals surface area (Å²) in [6.45, 7) is 9.95. The van der Waals surface area contributed by atoms with Gasteiger partial charge in [-0.15, -0.1) is 23.5 Å². The van der Waals surface area contributed by atoms with Crippen molar-refractivity contribution in [3.8, 4) is 0 Å². The van der Waals surface area contributed by atoms with Crippen LogP contribution in [0.1, 0.15) is 87.4 Å². The molecule has 3 aliphatic rings. The number of alkyl halides is 6. The minimum Gasteiger partial charge on any atom is -0.476 e. The molecule has 548 valence electrons. The van der Waals surface area contributed by atoms with Crippen molar-refractivity contribution in [3.05, 3.63) is 109 Å². The molecule has 3 fully saturated rings. The first kappa shape index (κ1) is 77.6. The standard InChI is InChI=1S/C19H19F3N6O2S.C11H12N4O2S2.C10H9ClN4O2S.C9H11F3N2.C7H5N3O2S2.Cl2O2S.H3P/c1-10(11-6-12(19(20,21)22)8-13(23)7-11)26-15-14-16(25-9-24-15)31-17(27-14)18(29)28-2-4-30-5-3-28;1-18-8-7-9(13-6-12-8)19-10(14-7)11(16)15-2-4-17-5-3-15;11-7-6-8(13-5-12-7)18-9(14-6)10(16)15-1-3-17-4-2-15;1-5(13)6-2-7(9(10,11)12)4-8(14)3-6;1-13-4-3-5(9-2-8-4)14-6(10-3)7(11)12;1-5(2,3)4;/h6-10H,2-5,23H2,1H3,(H,24,25,26);6H,2-5H2,1H3;5H,1-4H2;2-5H,13-14H2,1H3;2H,1H3,(H,11,12);;1H3/t10-;;;5-;;;/m1..1.../s1/i;;;;;;1T3. The molecule has 102 heavy (non-hydrogen) atoms. The van der Waals surface area contributed by atoms with E-state index in [9.17, 15) is 45.5 Å². The number of carboxylic acid groups (broad SMARTS) is 1. The maximum Gasteiger partial charge on any atom is 0.416 e. The van der Waals surface area contributed by atoms with Crippen LogP contribution in [-0.4, -0.2) is 207 Å². The van der Waals surface area contributed by atoms with E-state index in [4.69, 9.17) is 60.4 Å². The summed E-state index contributed by atoms with van der Waals surface area (Å²) in [6.07, 6.45) is 0.527. The predicted octanol–water partition coefficient (Wildman–Crippen LogP) is 10.4. The van der Waals surface area contributed by atoms with Gasteiger partial charge in [0.05, 0.1) is 60.6 Å². The number of thioether (sulfide) groups is 2. The number of nitrogens with two attached hydrogens (primary N) is 3. The van der Waals surface area contributed by atoms with Crippen LogP contribution < -0.4 is 22.5 Å². The summed E-state index contributed by atoms with van der Waals surface area (Å²) in [5.41, 5.74) is 17.9. The van der Waals surface area contributed by atoms with E-state index in [2.05, 4.69) is 86.5 Å². The molecule has 3 saturated heterocycles. The molecule has 0 bridgehead atoms. The molecule has 11 heterocycles. The van der Waals surface area contributed by atoms with Gasteiger partial charge in [0.25, 0.3) is 17.7 Å². The van der Waals surface area contributed by atoms with Gasteiger partial charge in [-0.05, 0) is 73.9 Å². The Morgan fingerprint density at radius 2 is 0.912 bits per heavy atom. The van der Waals surface area contributed by atoms with E-state index < -0.39 is 59.5 Å². The summed E-state index contributed by atoms with van der Waals surface area (Å²) in [6, 6.07) is 5.75. The molecule has 0 spiro atoms. The fraction of sp³-hybridized carbons (Fsp3) is 0.357. The van der Waals surface area contributed by atoms with Crippen molar-refractivity contribution in [3.63, 3.8) is 0 Å². The van der Waals surface area contributed by atoms with Gasteiger partial charge in [-0.25, -0.2) is 64.6 Å². The topological polar surface area (TPSA) is 405 Å². The SMILES string of the molecule is CSc1ncnc2sc(C(=O)N3CCOCC3)nc12.CSc1ncnc2sc(C(=O)O)nc12.C[C@@H](N)c1cc(N)cc(C(F)(F)F)c1.C[C@@H](Nc1ncnc2sc(C(=O)N3CCOCC3)nc12)c1cc(N)cc(C(F)(F)F)c1.O=C(c1nc2c(Cl)ncnc2s1)N1CCOCC1.O=S(=O)(Cl)Cl.[3H]P([3H])[3H]. The number of nitrogens with zero attached hydrogens (tertiary/aromatic N) is 15. The monoisotopic (exact) mass is 1640 g/mol. The lowest BCUT2D eigenvalue weighted by molar-refractivity contribution is -0.138. The zero-order valence-electron chi connectivity index (χ0n) is 56.2. The average molecular weight is 1640 g/mol. The number of rotatable bonds is 10.